The highest BCUT2D eigenvalue weighted by Gasteiger charge is 2.54. The van der Waals surface area contributed by atoms with E-state index in [1.807, 2.05) is 6.92 Å². The highest BCUT2D eigenvalue weighted by molar-refractivity contribution is 7.91. The van der Waals surface area contributed by atoms with Gasteiger partial charge in [-0.2, -0.15) is 4.31 Å². The van der Waals surface area contributed by atoms with Gasteiger partial charge in [0, 0.05) is 32.1 Å². The number of rotatable bonds is 4. The van der Waals surface area contributed by atoms with Crippen LogP contribution in [0.25, 0.3) is 0 Å². The summed E-state index contributed by atoms with van der Waals surface area (Å²) in [6.07, 6.45) is 1.13. The Kier molecular flexibility index (Phi) is 4.52. The minimum atomic E-state index is -3.52. The summed E-state index contributed by atoms with van der Waals surface area (Å²) in [7, 11) is -3.52. The molecule has 2 fully saturated rings. The fourth-order valence-electron chi connectivity index (χ4n) is 3.85. The van der Waals surface area contributed by atoms with Crippen LogP contribution in [0.3, 0.4) is 0 Å². The molecule has 8 heteroatoms. The minimum Gasteiger partial charge on any atom is -0.481 e. The van der Waals surface area contributed by atoms with E-state index in [0.29, 0.717) is 43.2 Å². The third-order valence-corrected chi connectivity index (χ3v) is 8.42. The maximum absolute atomic E-state index is 12.8. The van der Waals surface area contributed by atoms with Crippen molar-refractivity contribution in [3.05, 3.63) is 17.5 Å². The first-order chi connectivity index (χ1) is 10.9. The molecule has 2 aliphatic heterocycles. The molecule has 1 aromatic heterocycles. The Morgan fingerprint density at radius 2 is 2.26 bits per heavy atom. The van der Waals surface area contributed by atoms with Gasteiger partial charge in [-0.25, -0.2) is 8.42 Å². The summed E-state index contributed by atoms with van der Waals surface area (Å²) in [6.45, 7) is 4.68. The van der Waals surface area contributed by atoms with Crippen molar-refractivity contribution >= 4 is 27.3 Å². The second-order valence-electron chi connectivity index (χ2n) is 6.38. The van der Waals surface area contributed by atoms with E-state index >= 15 is 0 Å². The molecule has 1 N–H and O–H groups in total. The standard InChI is InChI=1S/C15H22N2O4S2/c1-2-16-9-12-10-17(23(20,21)13-5-3-8-22-13)7-4-6-15(12,11-16)14(18)19/h3,5,8,12H,2,4,6-7,9-11H2,1H3,(H,18,19)/t12-,15+/m0/s1. The molecule has 1 aromatic rings. The van der Waals surface area contributed by atoms with Crippen LogP contribution in [0.5, 0.6) is 0 Å². The molecule has 0 radical (unpaired) electrons. The van der Waals surface area contributed by atoms with E-state index in [1.165, 1.54) is 15.6 Å². The molecule has 2 atom stereocenters. The highest BCUT2D eigenvalue weighted by atomic mass is 32.2. The van der Waals surface area contributed by atoms with E-state index < -0.39 is 21.4 Å². The number of likely N-dealkylation sites (tertiary alicyclic amines) is 1. The average Bonchev–Trinajstić information content (AvgIpc) is 3.12. The van der Waals surface area contributed by atoms with Crippen molar-refractivity contribution in [3.63, 3.8) is 0 Å². The van der Waals surface area contributed by atoms with Crippen LogP contribution in [-0.4, -0.2) is 61.4 Å². The summed E-state index contributed by atoms with van der Waals surface area (Å²) in [5.41, 5.74) is -0.810. The number of hydrogen-bond acceptors (Lipinski definition) is 5. The molecular weight excluding hydrogens is 336 g/mol. The van der Waals surface area contributed by atoms with Gasteiger partial charge in [-0.3, -0.25) is 4.79 Å². The summed E-state index contributed by atoms with van der Waals surface area (Å²) >= 11 is 1.21. The number of aliphatic carboxylic acids is 1. The van der Waals surface area contributed by atoms with Crippen molar-refractivity contribution in [1.82, 2.24) is 9.21 Å². The molecule has 0 amide bonds. The van der Waals surface area contributed by atoms with Crippen molar-refractivity contribution in [2.75, 3.05) is 32.7 Å². The first-order valence-corrected chi connectivity index (χ1v) is 10.2. The Balaban J connectivity index is 1.90. The van der Waals surface area contributed by atoms with Crippen LogP contribution in [0.1, 0.15) is 19.8 Å². The summed E-state index contributed by atoms with van der Waals surface area (Å²) in [4.78, 5) is 14.1. The summed E-state index contributed by atoms with van der Waals surface area (Å²) < 4.78 is 27.4. The fourth-order valence-corrected chi connectivity index (χ4v) is 6.52. The van der Waals surface area contributed by atoms with Gasteiger partial charge in [0.25, 0.3) is 10.0 Å². The summed E-state index contributed by atoms with van der Waals surface area (Å²) in [5.74, 6) is -0.939. The zero-order valence-corrected chi connectivity index (χ0v) is 14.8. The molecule has 0 saturated carbocycles. The van der Waals surface area contributed by atoms with Crippen molar-refractivity contribution in [2.45, 2.75) is 24.0 Å². The minimum absolute atomic E-state index is 0.155. The molecule has 6 nitrogen and oxygen atoms in total. The van der Waals surface area contributed by atoms with Gasteiger partial charge < -0.3 is 10.0 Å². The number of hydrogen-bond donors (Lipinski definition) is 1. The van der Waals surface area contributed by atoms with Crippen molar-refractivity contribution in [3.8, 4) is 0 Å². The second kappa shape index (κ2) is 6.16. The van der Waals surface area contributed by atoms with E-state index in [4.69, 9.17) is 0 Å². The molecule has 0 aromatic carbocycles. The number of sulfonamides is 1. The van der Waals surface area contributed by atoms with Crippen LogP contribution < -0.4 is 0 Å². The predicted molar refractivity (Wildman–Crippen MR) is 88.0 cm³/mol. The van der Waals surface area contributed by atoms with E-state index in [9.17, 15) is 18.3 Å². The van der Waals surface area contributed by atoms with Gasteiger partial charge >= 0.3 is 5.97 Å². The molecular formula is C15H22N2O4S2. The van der Waals surface area contributed by atoms with Crippen LogP contribution in [0.2, 0.25) is 0 Å². The number of carboxylic acids is 1. The first-order valence-electron chi connectivity index (χ1n) is 7.89. The third-order valence-electron chi connectivity index (χ3n) is 5.18. The van der Waals surface area contributed by atoms with Gasteiger partial charge in [0.15, 0.2) is 0 Å². The molecule has 3 heterocycles. The lowest BCUT2D eigenvalue weighted by molar-refractivity contribution is -0.150. The van der Waals surface area contributed by atoms with Crippen LogP contribution in [0, 0.1) is 11.3 Å². The van der Waals surface area contributed by atoms with E-state index in [-0.39, 0.29) is 5.92 Å². The number of nitrogens with zero attached hydrogens (tertiary/aromatic N) is 2. The Morgan fingerprint density at radius 3 is 2.87 bits per heavy atom. The molecule has 23 heavy (non-hydrogen) atoms. The maximum Gasteiger partial charge on any atom is 0.311 e. The third kappa shape index (κ3) is 2.82. The lowest BCUT2D eigenvalue weighted by Gasteiger charge is -2.29. The lowest BCUT2D eigenvalue weighted by Crippen LogP contribution is -2.42. The molecule has 3 rings (SSSR count). The normalized spacial score (nSPS) is 30.0. The molecule has 2 saturated heterocycles. The molecule has 2 aliphatic rings. The summed E-state index contributed by atoms with van der Waals surface area (Å²) in [5, 5.41) is 11.6. The number of carboxylic acid groups (broad SMARTS) is 1. The largest absolute Gasteiger partial charge is 0.481 e. The zero-order valence-electron chi connectivity index (χ0n) is 13.1. The van der Waals surface area contributed by atoms with Gasteiger partial charge in [-0.1, -0.05) is 13.0 Å². The first kappa shape index (κ1) is 16.9. The van der Waals surface area contributed by atoms with Gasteiger partial charge in [-0.15, -0.1) is 11.3 Å². The SMILES string of the molecule is CCN1C[C@H]2CN(S(=O)(=O)c3cccs3)CCC[C@@]2(C(=O)O)C1. The Labute approximate surface area is 140 Å². The Bertz CT molecular complexity index is 674. The number of thiophene rings is 1. The summed E-state index contributed by atoms with van der Waals surface area (Å²) in [6, 6.07) is 3.34. The van der Waals surface area contributed by atoms with Gasteiger partial charge in [-0.05, 0) is 30.8 Å². The van der Waals surface area contributed by atoms with Crippen molar-refractivity contribution < 1.29 is 18.3 Å². The maximum atomic E-state index is 12.8. The highest BCUT2D eigenvalue weighted by Crippen LogP contribution is 2.43. The second-order valence-corrected chi connectivity index (χ2v) is 9.50. The quantitative estimate of drug-likeness (QED) is 0.884. The van der Waals surface area contributed by atoms with E-state index in [1.54, 1.807) is 17.5 Å². The smallest absolute Gasteiger partial charge is 0.311 e. The van der Waals surface area contributed by atoms with Gasteiger partial charge in [0.2, 0.25) is 0 Å². The Morgan fingerprint density at radius 1 is 1.48 bits per heavy atom. The molecule has 0 aliphatic carbocycles. The molecule has 0 unspecified atom stereocenters. The van der Waals surface area contributed by atoms with Crippen LogP contribution in [0.4, 0.5) is 0 Å². The van der Waals surface area contributed by atoms with Gasteiger partial charge in [0.1, 0.15) is 4.21 Å². The fraction of sp³-hybridized carbons (Fsp3) is 0.667. The van der Waals surface area contributed by atoms with Crippen LogP contribution >= 0.6 is 11.3 Å². The van der Waals surface area contributed by atoms with Crippen LogP contribution in [0.15, 0.2) is 21.7 Å². The monoisotopic (exact) mass is 358 g/mol. The van der Waals surface area contributed by atoms with Crippen molar-refractivity contribution in [2.24, 2.45) is 11.3 Å². The average molecular weight is 358 g/mol. The Hall–Kier alpha value is -0.960. The molecule has 0 bridgehead atoms. The van der Waals surface area contributed by atoms with Gasteiger partial charge in [0.05, 0.1) is 5.41 Å². The lowest BCUT2D eigenvalue weighted by atomic mass is 9.75. The molecule has 0 spiro atoms. The van der Waals surface area contributed by atoms with E-state index in [2.05, 4.69) is 4.90 Å². The van der Waals surface area contributed by atoms with Crippen LogP contribution in [-0.2, 0) is 14.8 Å². The number of fused-ring (bicyclic) bond motifs is 1. The number of carbonyl (C=O) groups is 1. The van der Waals surface area contributed by atoms with E-state index in [0.717, 1.165) is 6.54 Å². The van der Waals surface area contributed by atoms with Crippen molar-refractivity contribution in [1.29, 1.82) is 0 Å². The zero-order chi connectivity index (χ0) is 16.7. The topological polar surface area (TPSA) is 77.9 Å². The molecule has 128 valence electrons. The predicted octanol–water partition coefficient (Wildman–Crippen LogP) is 1.56.